The molecule has 0 aromatic rings. The van der Waals surface area contributed by atoms with Crippen LogP contribution >= 0.6 is 0 Å². The molecule has 12 heavy (non-hydrogen) atoms. The molecule has 2 heterocycles. The Hall–Kier alpha value is -0.590. The van der Waals surface area contributed by atoms with Crippen LogP contribution in [0.15, 0.2) is 0 Å². The molecule has 0 N–H and O–H groups in total. The zero-order valence-corrected chi connectivity index (χ0v) is 7.20. The topological polar surface area (TPSA) is 36.3 Å². The van der Waals surface area contributed by atoms with Gasteiger partial charge in [0, 0.05) is 12.6 Å². The van der Waals surface area contributed by atoms with E-state index in [1.807, 2.05) is 0 Å². The minimum absolute atomic E-state index is 0.181. The number of nitrogens with zero attached hydrogens (tertiary/aromatic N) is 2. The first-order valence-corrected chi connectivity index (χ1v) is 4.65. The van der Waals surface area contributed by atoms with Gasteiger partial charge >= 0.3 is 0 Å². The molecule has 2 rings (SSSR count). The number of nitriles is 1. The van der Waals surface area contributed by atoms with Gasteiger partial charge in [0.25, 0.3) is 0 Å². The average molecular weight is 166 g/mol. The summed E-state index contributed by atoms with van der Waals surface area (Å²) >= 11 is 0. The van der Waals surface area contributed by atoms with Crippen LogP contribution in [0.5, 0.6) is 0 Å². The van der Waals surface area contributed by atoms with Crippen molar-refractivity contribution in [3.8, 4) is 6.07 Å². The smallest absolute Gasteiger partial charge is 0.156 e. The number of fused-ring (bicyclic) bond motifs is 1. The number of hydrogen-bond donors (Lipinski definition) is 0. The summed E-state index contributed by atoms with van der Waals surface area (Å²) in [4.78, 5) is 2.40. The van der Waals surface area contributed by atoms with Crippen LogP contribution in [0.3, 0.4) is 0 Å². The van der Waals surface area contributed by atoms with Crippen molar-refractivity contribution < 1.29 is 4.74 Å². The maximum atomic E-state index is 8.68. The minimum Gasteiger partial charge on any atom is -0.360 e. The summed E-state index contributed by atoms with van der Waals surface area (Å²) in [6.45, 7) is 2.74. The maximum absolute atomic E-state index is 8.68. The van der Waals surface area contributed by atoms with Crippen LogP contribution in [0.2, 0.25) is 0 Å². The largest absolute Gasteiger partial charge is 0.360 e. The lowest BCUT2D eigenvalue weighted by atomic mass is 10.0. The molecule has 66 valence electrons. The van der Waals surface area contributed by atoms with Crippen LogP contribution in [-0.4, -0.2) is 36.7 Å². The second-order valence-electron chi connectivity index (χ2n) is 3.60. The summed E-state index contributed by atoms with van der Waals surface area (Å²) in [5.74, 6) is 0. The second-order valence-corrected chi connectivity index (χ2v) is 3.60. The maximum Gasteiger partial charge on any atom is 0.156 e. The van der Waals surface area contributed by atoms with Gasteiger partial charge in [0.2, 0.25) is 0 Å². The molecule has 0 bridgehead atoms. The van der Waals surface area contributed by atoms with E-state index in [0.717, 1.165) is 19.7 Å². The number of ether oxygens (including phenoxy) is 1. The molecule has 0 saturated carbocycles. The Kier molecular flexibility index (Phi) is 2.29. The van der Waals surface area contributed by atoms with Crippen LogP contribution in [-0.2, 0) is 4.74 Å². The highest BCUT2D eigenvalue weighted by Gasteiger charge is 2.30. The van der Waals surface area contributed by atoms with Crippen molar-refractivity contribution in [2.24, 2.45) is 0 Å². The molecule has 2 aliphatic heterocycles. The summed E-state index contributed by atoms with van der Waals surface area (Å²) in [5, 5.41) is 8.68. The zero-order valence-electron chi connectivity index (χ0n) is 7.20. The lowest BCUT2D eigenvalue weighted by molar-refractivity contribution is -0.0521. The quantitative estimate of drug-likeness (QED) is 0.533. The highest BCUT2D eigenvalue weighted by Crippen LogP contribution is 2.21. The van der Waals surface area contributed by atoms with Gasteiger partial charge in [-0.1, -0.05) is 6.42 Å². The molecule has 0 aliphatic carbocycles. The Morgan fingerprint density at radius 2 is 2.33 bits per heavy atom. The van der Waals surface area contributed by atoms with Gasteiger partial charge in [-0.3, -0.25) is 4.90 Å². The summed E-state index contributed by atoms with van der Waals surface area (Å²) in [6.07, 6.45) is 3.67. The van der Waals surface area contributed by atoms with Gasteiger partial charge in [0.15, 0.2) is 6.10 Å². The first-order valence-electron chi connectivity index (χ1n) is 4.65. The van der Waals surface area contributed by atoms with Gasteiger partial charge in [0.1, 0.15) is 0 Å². The number of rotatable bonds is 0. The van der Waals surface area contributed by atoms with Crippen molar-refractivity contribution in [1.82, 2.24) is 4.90 Å². The van der Waals surface area contributed by atoms with E-state index in [-0.39, 0.29) is 6.10 Å². The van der Waals surface area contributed by atoms with Crippen molar-refractivity contribution >= 4 is 0 Å². The second kappa shape index (κ2) is 3.42. The van der Waals surface area contributed by atoms with Crippen molar-refractivity contribution in [3.63, 3.8) is 0 Å². The fourth-order valence-corrected chi connectivity index (χ4v) is 2.06. The van der Waals surface area contributed by atoms with E-state index >= 15 is 0 Å². The predicted molar refractivity (Wildman–Crippen MR) is 44.6 cm³/mol. The predicted octanol–water partition coefficient (Wildman–Crippen LogP) is 0.763. The van der Waals surface area contributed by atoms with E-state index in [1.165, 1.54) is 19.3 Å². The van der Waals surface area contributed by atoms with Gasteiger partial charge < -0.3 is 4.74 Å². The van der Waals surface area contributed by atoms with Crippen LogP contribution in [0.4, 0.5) is 0 Å². The van der Waals surface area contributed by atoms with Gasteiger partial charge in [0.05, 0.1) is 12.7 Å². The molecule has 0 aromatic carbocycles. The van der Waals surface area contributed by atoms with Crippen LogP contribution in [0.1, 0.15) is 19.3 Å². The molecular weight excluding hydrogens is 152 g/mol. The fraction of sp³-hybridized carbons (Fsp3) is 0.889. The van der Waals surface area contributed by atoms with E-state index in [4.69, 9.17) is 10.00 Å². The number of hydrogen-bond acceptors (Lipinski definition) is 3. The van der Waals surface area contributed by atoms with E-state index < -0.39 is 0 Å². The Morgan fingerprint density at radius 3 is 3.17 bits per heavy atom. The molecule has 2 fully saturated rings. The lowest BCUT2D eigenvalue weighted by Crippen LogP contribution is -2.51. The van der Waals surface area contributed by atoms with E-state index in [1.54, 1.807) is 0 Å². The Bertz CT molecular complexity index is 199. The molecule has 0 aromatic heterocycles. The first kappa shape index (κ1) is 8.03. The molecule has 2 saturated heterocycles. The van der Waals surface area contributed by atoms with Crippen molar-refractivity contribution in [2.45, 2.75) is 31.4 Å². The third kappa shape index (κ3) is 1.45. The summed E-state index contributed by atoms with van der Waals surface area (Å²) < 4.78 is 5.39. The molecule has 3 nitrogen and oxygen atoms in total. The molecule has 0 unspecified atom stereocenters. The lowest BCUT2D eigenvalue weighted by Gasteiger charge is -2.40. The van der Waals surface area contributed by atoms with Gasteiger partial charge in [-0.2, -0.15) is 5.26 Å². The van der Waals surface area contributed by atoms with Crippen molar-refractivity contribution in [2.75, 3.05) is 19.7 Å². The molecule has 2 atom stereocenters. The SMILES string of the molecule is N#C[C@H]1CN2CCCC[C@H]2CO1. The average Bonchev–Trinajstić information content (AvgIpc) is 2.17. The number of piperidine rings is 1. The molecule has 3 heteroatoms. The summed E-state index contributed by atoms with van der Waals surface area (Å²) in [7, 11) is 0. The zero-order chi connectivity index (χ0) is 8.39. The number of morpholine rings is 1. The van der Waals surface area contributed by atoms with E-state index in [2.05, 4.69) is 11.0 Å². The monoisotopic (exact) mass is 166 g/mol. The summed E-state index contributed by atoms with van der Waals surface area (Å²) in [6, 6.07) is 2.77. The first-order chi connectivity index (χ1) is 5.90. The summed E-state index contributed by atoms with van der Waals surface area (Å²) in [5.41, 5.74) is 0. The highest BCUT2D eigenvalue weighted by atomic mass is 16.5. The van der Waals surface area contributed by atoms with E-state index in [0.29, 0.717) is 6.04 Å². The molecular formula is C9H14N2O. The van der Waals surface area contributed by atoms with Crippen LogP contribution in [0.25, 0.3) is 0 Å². The van der Waals surface area contributed by atoms with E-state index in [9.17, 15) is 0 Å². The third-order valence-corrected chi connectivity index (χ3v) is 2.78. The van der Waals surface area contributed by atoms with Gasteiger partial charge in [-0.25, -0.2) is 0 Å². The Labute approximate surface area is 72.9 Å². The molecule has 0 spiro atoms. The van der Waals surface area contributed by atoms with Crippen LogP contribution < -0.4 is 0 Å². The minimum atomic E-state index is -0.181. The molecule has 0 radical (unpaired) electrons. The van der Waals surface area contributed by atoms with Crippen molar-refractivity contribution in [1.29, 1.82) is 5.26 Å². The van der Waals surface area contributed by atoms with Gasteiger partial charge in [-0.15, -0.1) is 0 Å². The third-order valence-electron chi connectivity index (χ3n) is 2.78. The molecule has 2 aliphatic rings. The van der Waals surface area contributed by atoms with Gasteiger partial charge in [-0.05, 0) is 19.4 Å². The normalized spacial score (nSPS) is 36.9. The van der Waals surface area contributed by atoms with Crippen molar-refractivity contribution in [3.05, 3.63) is 0 Å². The fourth-order valence-electron chi connectivity index (χ4n) is 2.06. The Morgan fingerprint density at radius 1 is 1.42 bits per heavy atom. The highest BCUT2D eigenvalue weighted by molar-refractivity contribution is 4.93. The van der Waals surface area contributed by atoms with Crippen LogP contribution in [0, 0.1) is 11.3 Å². The Balaban J connectivity index is 1.95. The molecule has 0 amide bonds. The standard InChI is InChI=1S/C9H14N2O/c10-5-9-6-11-4-2-1-3-8(11)7-12-9/h8-9H,1-4,6-7H2/t8-,9-/m0/s1.